The smallest absolute Gasteiger partial charge is 0.253 e. The first kappa shape index (κ1) is 18.5. The predicted molar refractivity (Wildman–Crippen MR) is 94.8 cm³/mol. The number of aliphatic hydroxyl groups excluding tert-OH is 1. The lowest BCUT2D eigenvalue weighted by molar-refractivity contribution is 0.0905. The fourth-order valence-corrected chi connectivity index (χ4v) is 3.18. The van der Waals surface area contributed by atoms with E-state index >= 15 is 0 Å². The number of aryl methyl sites for hydroxylation is 2. The number of nitrogens with one attached hydrogen (secondary N) is 1. The van der Waals surface area contributed by atoms with Crippen LogP contribution in [0.3, 0.4) is 0 Å². The molecule has 1 saturated carbocycles. The molecule has 0 aromatic carbocycles. The van der Waals surface area contributed by atoms with Crippen LogP contribution in [0.2, 0.25) is 0 Å². The zero-order valence-corrected chi connectivity index (χ0v) is 15.4. The van der Waals surface area contributed by atoms with Crippen LogP contribution in [-0.2, 0) is 17.9 Å². The van der Waals surface area contributed by atoms with Gasteiger partial charge in [-0.25, -0.2) is 0 Å². The normalized spacial score (nSPS) is 19.2. The quantitative estimate of drug-likeness (QED) is 0.768. The summed E-state index contributed by atoms with van der Waals surface area (Å²) in [7, 11) is 1.64. The first-order valence-electron chi connectivity index (χ1n) is 8.79. The fraction of sp³-hybridized carbons (Fsp3) is 0.556. The molecule has 0 bridgehead atoms. The van der Waals surface area contributed by atoms with E-state index in [1.807, 2.05) is 24.5 Å². The number of carbonyl (C=O) groups excluding carboxylic acids is 1. The zero-order chi connectivity index (χ0) is 18.7. The molecular formula is C18H25N5O3. The number of hydrogen-bond acceptors (Lipinski definition) is 6. The minimum Gasteiger partial charge on any atom is -0.388 e. The van der Waals surface area contributed by atoms with Crippen molar-refractivity contribution in [1.82, 2.24) is 25.1 Å². The van der Waals surface area contributed by atoms with Crippen molar-refractivity contribution < 1.29 is 14.6 Å². The van der Waals surface area contributed by atoms with E-state index in [0.29, 0.717) is 24.5 Å². The maximum Gasteiger partial charge on any atom is 0.253 e. The number of pyridine rings is 1. The summed E-state index contributed by atoms with van der Waals surface area (Å²) in [5.41, 5.74) is 2.52. The van der Waals surface area contributed by atoms with Crippen LogP contribution in [0.5, 0.6) is 0 Å². The second-order valence-electron chi connectivity index (χ2n) is 6.74. The number of aromatic nitrogens is 4. The zero-order valence-electron chi connectivity index (χ0n) is 15.4. The Morgan fingerprint density at radius 2 is 2.15 bits per heavy atom. The third-order valence-corrected chi connectivity index (χ3v) is 4.96. The first-order valence-corrected chi connectivity index (χ1v) is 8.79. The summed E-state index contributed by atoms with van der Waals surface area (Å²) in [6.07, 6.45) is 3.23. The molecule has 1 fully saturated rings. The number of nitrogens with zero attached hydrogens (tertiary/aromatic N) is 4. The van der Waals surface area contributed by atoms with E-state index in [2.05, 4.69) is 20.5 Å². The van der Waals surface area contributed by atoms with Crippen LogP contribution in [0.1, 0.15) is 52.0 Å². The molecule has 2 aromatic rings. The Morgan fingerprint density at radius 3 is 2.81 bits per heavy atom. The van der Waals surface area contributed by atoms with Crippen LogP contribution < -0.4 is 5.32 Å². The molecule has 1 amide bonds. The lowest BCUT2D eigenvalue weighted by atomic mass is 9.79. The van der Waals surface area contributed by atoms with Gasteiger partial charge in [-0.05, 0) is 38.3 Å². The Balaban J connectivity index is 1.59. The van der Waals surface area contributed by atoms with Crippen LogP contribution in [0.4, 0.5) is 0 Å². The third kappa shape index (κ3) is 3.76. The number of rotatable bonds is 7. The van der Waals surface area contributed by atoms with Gasteiger partial charge in [-0.15, -0.1) is 10.2 Å². The van der Waals surface area contributed by atoms with Gasteiger partial charge in [0.25, 0.3) is 5.91 Å². The van der Waals surface area contributed by atoms with Crippen molar-refractivity contribution >= 4 is 5.91 Å². The molecule has 0 aliphatic heterocycles. The predicted octanol–water partition coefficient (Wildman–Crippen LogP) is 1.10. The average molecular weight is 359 g/mol. The van der Waals surface area contributed by atoms with Crippen molar-refractivity contribution in [2.45, 2.75) is 51.8 Å². The van der Waals surface area contributed by atoms with E-state index in [-0.39, 0.29) is 24.5 Å². The standard InChI is InChI=1S/C18H25N5O3/c1-11-6-14(9-19-12(11)2)18(25)20-15-7-13(8-15)17-22-21-16(10-24)23(17)4-5-26-3/h6,9,13,15,24H,4-5,7-8,10H2,1-3H3,(H,20,25). The highest BCUT2D eigenvalue weighted by molar-refractivity contribution is 5.94. The van der Waals surface area contributed by atoms with Crippen molar-refractivity contribution in [3.05, 3.63) is 40.7 Å². The maximum atomic E-state index is 12.4. The average Bonchev–Trinajstić information content (AvgIpc) is 3.00. The molecule has 2 N–H and O–H groups in total. The number of hydrogen-bond donors (Lipinski definition) is 2. The van der Waals surface area contributed by atoms with Crippen molar-refractivity contribution in [1.29, 1.82) is 0 Å². The van der Waals surface area contributed by atoms with Gasteiger partial charge in [0.15, 0.2) is 5.82 Å². The summed E-state index contributed by atoms with van der Waals surface area (Å²) in [6, 6.07) is 1.97. The molecule has 2 heterocycles. The van der Waals surface area contributed by atoms with Crippen molar-refractivity contribution in [3.8, 4) is 0 Å². The lowest BCUT2D eigenvalue weighted by Gasteiger charge is -2.35. The maximum absolute atomic E-state index is 12.4. The number of methoxy groups -OCH3 is 1. The summed E-state index contributed by atoms with van der Waals surface area (Å²) in [4.78, 5) is 16.6. The van der Waals surface area contributed by atoms with Crippen LogP contribution in [0.25, 0.3) is 0 Å². The lowest BCUT2D eigenvalue weighted by Crippen LogP contribution is -2.44. The first-order chi connectivity index (χ1) is 12.5. The highest BCUT2D eigenvalue weighted by atomic mass is 16.5. The van der Waals surface area contributed by atoms with E-state index in [4.69, 9.17) is 4.74 Å². The van der Waals surface area contributed by atoms with E-state index < -0.39 is 0 Å². The van der Waals surface area contributed by atoms with Crippen molar-refractivity contribution in [2.75, 3.05) is 13.7 Å². The van der Waals surface area contributed by atoms with Crippen LogP contribution in [0.15, 0.2) is 12.3 Å². The van der Waals surface area contributed by atoms with Gasteiger partial charge in [-0.2, -0.15) is 0 Å². The van der Waals surface area contributed by atoms with Gasteiger partial charge in [0.1, 0.15) is 12.4 Å². The molecule has 0 unspecified atom stereocenters. The SMILES string of the molecule is COCCn1c(CO)nnc1C1CC(NC(=O)c2cnc(C)c(C)c2)C1. The van der Waals surface area contributed by atoms with Crippen molar-refractivity contribution in [3.63, 3.8) is 0 Å². The Hall–Kier alpha value is -2.32. The second-order valence-corrected chi connectivity index (χ2v) is 6.74. The molecular weight excluding hydrogens is 334 g/mol. The third-order valence-electron chi connectivity index (χ3n) is 4.96. The monoisotopic (exact) mass is 359 g/mol. The number of amides is 1. The Bertz CT molecular complexity index is 783. The van der Waals surface area contributed by atoms with Gasteiger partial charge in [0, 0.05) is 37.5 Å². The Labute approximate surface area is 152 Å². The van der Waals surface area contributed by atoms with E-state index in [1.165, 1.54) is 0 Å². The summed E-state index contributed by atoms with van der Waals surface area (Å²) in [5, 5.41) is 20.8. The molecule has 0 atom stereocenters. The number of carbonyl (C=O) groups is 1. The molecule has 140 valence electrons. The summed E-state index contributed by atoms with van der Waals surface area (Å²) in [6.45, 7) is 4.86. The molecule has 3 rings (SSSR count). The summed E-state index contributed by atoms with van der Waals surface area (Å²) < 4.78 is 7.04. The molecule has 1 aliphatic carbocycles. The highest BCUT2D eigenvalue weighted by Crippen LogP contribution is 2.36. The van der Waals surface area contributed by atoms with E-state index in [1.54, 1.807) is 13.3 Å². The molecule has 26 heavy (non-hydrogen) atoms. The van der Waals surface area contributed by atoms with Gasteiger partial charge in [-0.1, -0.05) is 0 Å². The Kier molecular flexibility index (Phi) is 5.63. The van der Waals surface area contributed by atoms with E-state index in [0.717, 1.165) is 29.9 Å². The van der Waals surface area contributed by atoms with Crippen LogP contribution in [0, 0.1) is 13.8 Å². The fourth-order valence-electron chi connectivity index (χ4n) is 3.18. The molecule has 0 spiro atoms. The second kappa shape index (κ2) is 7.92. The van der Waals surface area contributed by atoms with Gasteiger partial charge >= 0.3 is 0 Å². The highest BCUT2D eigenvalue weighted by Gasteiger charge is 2.35. The van der Waals surface area contributed by atoms with Gasteiger partial charge < -0.3 is 19.7 Å². The van der Waals surface area contributed by atoms with Gasteiger partial charge in [-0.3, -0.25) is 9.78 Å². The summed E-state index contributed by atoms with van der Waals surface area (Å²) >= 11 is 0. The van der Waals surface area contributed by atoms with Gasteiger partial charge in [0.05, 0.1) is 12.2 Å². The number of ether oxygens (including phenoxy) is 1. The Morgan fingerprint density at radius 1 is 1.38 bits per heavy atom. The molecule has 8 nitrogen and oxygen atoms in total. The molecule has 8 heteroatoms. The minimum atomic E-state index is -0.149. The molecule has 0 radical (unpaired) electrons. The van der Waals surface area contributed by atoms with Crippen molar-refractivity contribution in [2.24, 2.45) is 0 Å². The largest absolute Gasteiger partial charge is 0.388 e. The van der Waals surface area contributed by atoms with Gasteiger partial charge in [0.2, 0.25) is 0 Å². The van der Waals surface area contributed by atoms with E-state index in [9.17, 15) is 9.90 Å². The topological polar surface area (TPSA) is 102 Å². The molecule has 1 aliphatic rings. The molecule has 0 saturated heterocycles. The minimum absolute atomic E-state index is 0.0963. The number of aliphatic hydroxyl groups is 1. The van der Waals surface area contributed by atoms with Crippen LogP contribution in [-0.4, -0.2) is 50.5 Å². The summed E-state index contributed by atoms with van der Waals surface area (Å²) in [5.74, 6) is 1.53. The van der Waals surface area contributed by atoms with Crippen LogP contribution >= 0.6 is 0 Å². The molecule has 2 aromatic heterocycles.